The van der Waals surface area contributed by atoms with Crippen molar-refractivity contribution >= 4 is 5.78 Å². The molecule has 0 aliphatic rings. The summed E-state index contributed by atoms with van der Waals surface area (Å²) in [5.74, 6) is -0.723. The molecule has 0 aromatic rings. The highest BCUT2D eigenvalue weighted by Crippen LogP contribution is 2.22. The number of ketones is 1. The summed E-state index contributed by atoms with van der Waals surface area (Å²) < 4.78 is 34.9. The van der Waals surface area contributed by atoms with Gasteiger partial charge in [-0.2, -0.15) is 13.2 Å². The van der Waals surface area contributed by atoms with Gasteiger partial charge in [-0.1, -0.05) is 13.3 Å². The first-order valence-electron chi connectivity index (χ1n) is 4.14. The van der Waals surface area contributed by atoms with Crippen molar-refractivity contribution in [3.8, 4) is 0 Å². The summed E-state index contributed by atoms with van der Waals surface area (Å²) >= 11 is 0. The van der Waals surface area contributed by atoms with Gasteiger partial charge >= 0.3 is 6.18 Å². The van der Waals surface area contributed by atoms with E-state index in [1.807, 2.05) is 0 Å². The average molecular weight is 198 g/mol. The number of hydrogen-bond donors (Lipinski definition) is 1. The Hall–Kier alpha value is -0.580. The van der Waals surface area contributed by atoms with E-state index in [9.17, 15) is 18.0 Å². The number of carbonyl (C=O) groups excluding carboxylic acids is 1. The molecule has 0 radical (unpaired) electrons. The highest BCUT2D eigenvalue weighted by Gasteiger charge is 2.29. The number of carbonyl (C=O) groups is 1. The molecule has 0 aliphatic carbocycles. The van der Waals surface area contributed by atoms with Gasteiger partial charge in [0.1, 0.15) is 6.10 Å². The molecule has 0 fully saturated rings. The molecule has 1 N–H and O–H groups in total. The summed E-state index contributed by atoms with van der Waals surface area (Å²) in [6, 6.07) is 0. The van der Waals surface area contributed by atoms with Crippen molar-refractivity contribution in [2.24, 2.45) is 0 Å². The summed E-state index contributed by atoms with van der Waals surface area (Å²) in [7, 11) is 0. The molecular formula is C8H13F3O2. The van der Waals surface area contributed by atoms with Gasteiger partial charge in [0.2, 0.25) is 0 Å². The second kappa shape index (κ2) is 5.21. The molecule has 0 bridgehead atoms. The normalized spacial score (nSPS) is 14.2. The third kappa shape index (κ3) is 6.57. The minimum Gasteiger partial charge on any atom is -0.385 e. The summed E-state index contributed by atoms with van der Waals surface area (Å²) in [6.07, 6.45) is -6.50. The SMILES string of the molecule is CCCC(O)C(=O)CCC(F)(F)F. The first kappa shape index (κ1) is 12.4. The highest BCUT2D eigenvalue weighted by atomic mass is 19.4. The van der Waals surface area contributed by atoms with Gasteiger partial charge in [0.15, 0.2) is 5.78 Å². The van der Waals surface area contributed by atoms with Gasteiger partial charge < -0.3 is 5.11 Å². The van der Waals surface area contributed by atoms with E-state index >= 15 is 0 Å². The Morgan fingerprint density at radius 3 is 2.38 bits per heavy atom. The van der Waals surface area contributed by atoms with Crippen molar-refractivity contribution in [3.63, 3.8) is 0 Å². The Bertz CT molecular complexity index is 165. The van der Waals surface area contributed by atoms with Crippen molar-refractivity contribution in [2.45, 2.75) is 44.9 Å². The van der Waals surface area contributed by atoms with Gasteiger partial charge in [0.25, 0.3) is 0 Å². The lowest BCUT2D eigenvalue weighted by molar-refractivity contribution is -0.146. The fourth-order valence-corrected chi connectivity index (χ4v) is 0.866. The molecule has 1 unspecified atom stereocenters. The first-order chi connectivity index (χ1) is 5.87. The Morgan fingerprint density at radius 1 is 1.46 bits per heavy atom. The Morgan fingerprint density at radius 2 is 2.00 bits per heavy atom. The molecule has 5 heteroatoms. The van der Waals surface area contributed by atoms with E-state index in [0.29, 0.717) is 6.42 Å². The maximum absolute atomic E-state index is 11.6. The summed E-state index contributed by atoms with van der Waals surface area (Å²) in [5.41, 5.74) is 0. The smallest absolute Gasteiger partial charge is 0.385 e. The van der Waals surface area contributed by atoms with Crippen LogP contribution in [-0.2, 0) is 4.79 Å². The fourth-order valence-electron chi connectivity index (χ4n) is 0.866. The average Bonchev–Trinajstić information content (AvgIpc) is 1.99. The Kier molecular flexibility index (Phi) is 4.98. The predicted octanol–water partition coefficient (Wildman–Crippen LogP) is 2.06. The number of aliphatic hydroxyl groups excluding tert-OH is 1. The van der Waals surface area contributed by atoms with E-state index in [-0.39, 0.29) is 6.42 Å². The van der Waals surface area contributed by atoms with Crippen molar-refractivity contribution < 1.29 is 23.1 Å². The molecule has 0 saturated carbocycles. The van der Waals surface area contributed by atoms with Crippen LogP contribution in [0.3, 0.4) is 0 Å². The molecule has 0 heterocycles. The van der Waals surface area contributed by atoms with E-state index < -0.39 is 30.9 Å². The van der Waals surface area contributed by atoms with Gasteiger partial charge in [-0.25, -0.2) is 0 Å². The Balaban J connectivity index is 3.74. The summed E-state index contributed by atoms with van der Waals surface area (Å²) in [5, 5.41) is 9.00. The fraction of sp³-hybridized carbons (Fsp3) is 0.875. The van der Waals surface area contributed by atoms with E-state index in [4.69, 9.17) is 5.11 Å². The van der Waals surface area contributed by atoms with Gasteiger partial charge in [0.05, 0.1) is 6.42 Å². The minimum absolute atomic E-state index is 0.233. The number of hydrogen-bond acceptors (Lipinski definition) is 2. The molecule has 13 heavy (non-hydrogen) atoms. The van der Waals surface area contributed by atoms with Crippen molar-refractivity contribution in [2.75, 3.05) is 0 Å². The largest absolute Gasteiger partial charge is 0.389 e. The van der Waals surface area contributed by atoms with E-state index in [1.165, 1.54) is 0 Å². The number of halogens is 3. The van der Waals surface area contributed by atoms with Gasteiger partial charge in [0, 0.05) is 6.42 Å². The van der Waals surface area contributed by atoms with Gasteiger partial charge in [-0.15, -0.1) is 0 Å². The zero-order valence-electron chi connectivity index (χ0n) is 7.40. The molecule has 2 nitrogen and oxygen atoms in total. The van der Waals surface area contributed by atoms with Crippen LogP contribution in [0.4, 0.5) is 13.2 Å². The molecule has 0 aromatic heterocycles. The van der Waals surface area contributed by atoms with Crippen molar-refractivity contribution in [3.05, 3.63) is 0 Å². The maximum atomic E-state index is 11.6. The van der Waals surface area contributed by atoms with Gasteiger partial charge in [-0.3, -0.25) is 4.79 Å². The summed E-state index contributed by atoms with van der Waals surface area (Å²) in [6.45, 7) is 1.75. The molecule has 78 valence electrons. The molecule has 0 spiro atoms. The third-order valence-electron chi connectivity index (χ3n) is 1.59. The lowest BCUT2D eigenvalue weighted by atomic mass is 10.1. The first-order valence-corrected chi connectivity index (χ1v) is 4.14. The second-order valence-corrected chi connectivity index (χ2v) is 2.89. The molecular weight excluding hydrogens is 185 g/mol. The zero-order valence-corrected chi connectivity index (χ0v) is 7.40. The van der Waals surface area contributed by atoms with Crippen LogP contribution in [0.25, 0.3) is 0 Å². The number of Topliss-reactive ketones (excluding diaryl/α,β-unsaturated/α-hetero) is 1. The van der Waals surface area contributed by atoms with Crippen molar-refractivity contribution in [1.29, 1.82) is 0 Å². The second-order valence-electron chi connectivity index (χ2n) is 2.89. The lowest BCUT2D eigenvalue weighted by Gasteiger charge is -2.09. The molecule has 0 rings (SSSR count). The minimum atomic E-state index is -4.32. The molecule has 0 aliphatic heterocycles. The van der Waals surface area contributed by atoms with Crippen LogP contribution < -0.4 is 0 Å². The van der Waals surface area contributed by atoms with Crippen LogP contribution in [0.2, 0.25) is 0 Å². The van der Waals surface area contributed by atoms with Gasteiger partial charge in [-0.05, 0) is 6.42 Å². The summed E-state index contributed by atoms with van der Waals surface area (Å²) in [4.78, 5) is 10.8. The third-order valence-corrected chi connectivity index (χ3v) is 1.59. The molecule has 1 atom stereocenters. The highest BCUT2D eigenvalue weighted by molar-refractivity contribution is 5.82. The molecule has 0 saturated heterocycles. The van der Waals surface area contributed by atoms with E-state index in [1.54, 1.807) is 6.92 Å². The van der Waals surface area contributed by atoms with E-state index in [0.717, 1.165) is 0 Å². The van der Waals surface area contributed by atoms with Crippen LogP contribution in [0, 0.1) is 0 Å². The predicted molar refractivity (Wildman–Crippen MR) is 41.2 cm³/mol. The molecule has 0 amide bonds. The van der Waals surface area contributed by atoms with Crippen LogP contribution >= 0.6 is 0 Å². The Labute approximate surface area is 74.7 Å². The van der Waals surface area contributed by atoms with Crippen LogP contribution in [0.1, 0.15) is 32.6 Å². The monoisotopic (exact) mass is 198 g/mol. The van der Waals surface area contributed by atoms with Crippen molar-refractivity contribution in [1.82, 2.24) is 0 Å². The van der Waals surface area contributed by atoms with E-state index in [2.05, 4.69) is 0 Å². The number of alkyl halides is 3. The number of aliphatic hydroxyl groups is 1. The van der Waals surface area contributed by atoms with Crippen LogP contribution in [-0.4, -0.2) is 23.2 Å². The maximum Gasteiger partial charge on any atom is 0.389 e. The van der Waals surface area contributed by atoms with Crippen LogP contribution in [0.5, 0.6) is 0 Å². The quantitative estimate of drug-likeness (QED) is 0.734. The number of rotatable bonds is 5. The topological polar surface area (TPSA) is 37.3 Å². The zero-order chi connectivity index (χ0) is 10.5. The van der Waals surface area contributed by atoms with Crippen LogP contribution in [0.15, 0.2) is 0 Å². The molecule has 0 aromatic carbocycles. The standard InChI is InChI=1S/C8H13F3O2/c1-2-3-6(12)7(13)4-5-8(9,10)11/h6,12H,2-5H2,1H3. The lowest BCUT2D eigenvalue weighted by Crippen LogP contribution is -2.22.